The van der Waals surface area contributed by atoms with E-state index in [0.29, 0.717) is 0 Å². The Bertz CT molecular complexity index is 376. The molecule has 0 spiro atoms. The molecule has 3 heteroatoms. The van der Waals surface area contributed by atoms with Gasteiger partial charge in [0.2, 0.25) is 0 Å². The molecule has 2 nitrogen and oxygen atoms in total. The molecule has 0 amide bonds. The van der Waals surface area contributed by atoms with Crippen molar-refractivity contribution < 1.29 is 36.4 Å². The fourth-order valence-electron chi connectivity index (χ4n) is 1.69. The van der Waals surface area contributed by atoms with Crippen molar-refractivity contribution >= 4 is 0 Å². The zero-order chi connectivity index (χ0) is 16.0. The molecule has 0 saturated heterocycles. The summed E-state index contributed by atoms with van der Waals surface area (Å²) < 4.78 is 0. The fraction of sp³-hybridized carbons (Fsp3) is 0.444. The molecule has 0 aromatic heterocycles. The molecule has 0 radical (unpaired) electrons. The average molecular weight is 368 g/mol. The second kappa shape index (κ2) is 17.6. The molecule has 2 aromatic carbocycles. The van der Waals surface area contributed by atoms with Crippen LogP contribution in [-0.2, 0) is 39.0 Å². The average Bonchev–Trinajstić information content (AvgIpc) is 3.12. The maximum Gasteiger partial charge on any atom is 4.00 e. The molecule has 2 aromatic rings. The van der Waals surface area contributed by atoms with Gasteiger partial charge >= 0.3 is 26.2 Å². The molecular formula is C18H28O2Zr. The van der Waals surface area contributed by atoms with E-state index in [4.69, 9.17) is 10.2 Å². The summed E-state index contributed by atoms with van der Waals surface area (Å²) >= 11 is 0. The number of aryl methyl sites for hydroxylation is 4. The summed E-state index contributed by atoms with van der Waals surface area (Å²) in [6.07, 6.45) is 2.32. The van der Waals surface area contributed by atoms with Crippen LogP contribution in [0.5, 0.6) is 0 Å². The summed E-state index contributed by atoms with van der Waals surface area (Å²) in [6, 6.07) is 13.1. The first-order valence-corrected chi connectivity index (χ1v) is 6.91. The quantitative estimate of drug-likeness (QED) is 0.766. The predicted molar refractivity (Wildman–Crippen MR) is 84.1 cm³/mol. The molecule has 0 unspecified atom stereocenters. The van der Waals surface area contributed by atoms with Crippen LogP contribution in [0, 0.1) is 13.8 Å². The minimum Gasteiger partial charge on any atom is -0.857 e. The Balaban J connectivity index is -0.000000240. The summed E-state index contributed by atoms with van der Waals surface area (Å²) in [5.41, 5.74) is 5.65. The summed E-state index contributed by atoms with van der Waals surface area (Å²) in [7, 11) is 1.50. The van der Waals surface area contributed by atoms with E-state index in [-0.39, 0.29) is 26.2 Å². The predicted octanol–water partition coefficient (Wildman–Crippen LogP) is 2.50. The molecule has 0 aliphatic rings. The van der Waals surface area contributed by atoms with Crippen molar-refractivity contribution in [2.24, 2.45) is 0 Å². The van der Waals surface area contributed by atoms with Gasteiger partial charge in [-0.05, 0) is 0 Å². The summed E-state index contributed by atoms with van der Waals surface area (Å²) in [5, 5.41) is 16.5. The van der Waals surface area contributed by atoms with E-state index in [1.807, 2.05) is 0 Å². The molecule has 0 heterocycles. The second-order valence-corrected chi connectivity index (χ2v) is 4.30. The molecule has 0 N–H and O–H groups in total. The maximum absolute atomic E-state index is 8.25. The van der Waals surface area contributed by atoms with Crippen molar-refractivity contribution in [1.29, 1.82) is 0 Å². The Kier molecular flexibility index (Phi) is 21.3. The van der Waals surface area contributed by atoms with Crippen LogP contribution in [-0.4, -0.2) is 14.2 Å². The minimum atomic E-state index is 0. The third-order valence-corrected chi connectivity index (χ3v) is 2.76. The molecule has 0 atom stereocenters. The van der Waals surface area contributed by atoms with Gasteiger partial charge in [0, 0.05) is 0 Å². The summed E-state index contributed by atoms with van der Waals surface area (Å²) in [6.45, 7) is 8.60. The Morgan fingerprint density at radius 2 is 1.05 bits per heavy atom. The molecule has 21 heavy (non-hydrogen) atoms. The topological polar surface area (TPSA) is 46.1 Å². The largest absolute Gasteiger partial charge is 4.00 e. The first kappa shape index (κ1) is 25.5. The van der Waals surface area contributed by atoms with Gasteiger partial charge in [-0.3, -0.25) is 0 Å². The van der Waals surface area contributed by atoms with Crippen molar-refractivity contribution in [3.63, 3.8) is 0 Å². The van der Waals surface area contributed by atoms with Crippen molar-refractivity contribution in [1.82, 2.24) is 0 Å². The van der Waals surface area contributed by atoms with Gasteiger partial charge in [-0.15, -0.1) is 0 Å². The molecule has 0 fully saturated rings. The van der Waals surface area contributed by atoms with Gasteiger partial charge in [0.15, 0.2) is 0 Å². The van der Waals surface area contributed by atoms with Crippen molar-refractivity contribution in [3.05, 3.63) is 58.7 Å². The van der Waals surface area contributed by atoms with Crippen LogP contribution in [0.2, 0.25) is 0 Å². The van der Waals surface area contributed by atoms with Gasteiger partial charge in [-0.1, -0.05) is 40.5 Å². The van der Waals surface area contributed by atoms with E-state index in [2.05, 4.69) is 64.1 Å². The Morgan fingerprint density at radius 3 is 1.14 bits per heavy atom. The van der Waals surface area contributed by atoms with Crippen LogP contribution < -0.4 is 10.2 Å². The molecule has 0 saturated carbocycles. The summed E-state index contributed by atoms with van der Waals surface area (Å²) in [5.74, 6) is 0. The maximum atomic E-state index is 8.25. The molecule has 116 valence electrons. The third kappa shape index (κ3) is 12.9. The smallest absolute Gasteiger partial charge is 0.857 e. The normalized spacial score (nSPS) is 8.00. The zero-order valence-corrected chi connectivity index (χ0v) is 16.7. The minimum absolute atomic E-state index is 0. The van der Waals surface area contributed by atoms with E-state index in [1.165, 1.54) is 22.3 Å². The van der Waals surface area contributed by atoms with Gasteiger partial charge in [0.05, 0.1) is 0 Å². The second-order valence-electron chi connectivity index (χ2n) is 4.30. The van der Waals surface area contributed by atoms with Crippen LogP contribution in [0.4, 0.5) is 0 Å². The van der Waals surface area contributed by atoms with E-state index in [1.54, 1.807) is 0 Å². The first-order chi connectivity index (χ1) is 9.65. The SMILES string of the molecule is CC[c-]1ccc(C)c1.CC[c-]1ccc(C)c1.C[O-].C[O-].[Zr+4]. The van der Waals surface area contributed by atoms with E-state index in [0.717, 1.165) is 27.1 Å². The molecular weight excluding hydrogens is 339 g/mol. The van der Waals surface area contributed by atoms with Crippen molar-refractivity contribution in [3.8, 4) is 0 Å². The molecule has 0 aliphatic carbocycles. The van der Waals surface area contributed by atoms with Crippen molar-refractivity contribution in [2.75, 3.05) is 14.2 Å². The number of hydrogen-bond donors (Lipinski definition) is 0. The fourth-order valence-corrected chi connectivity index (χ4v) is 1.69. The standard InChI is InChI=1S/2C8H11.2CH3O.Zr/c2*1-3-8-5-4-7(2)6-8;2*1-2;/h2*4-6H,3H2,1-2H3;2*1H3;/q4*-1;+4. The molecule has 0 aliphatic heterocycles. The van der Waals surface area contributed by atoms with Gasteiger partial charge in [0.1, 0.15) is 0 Å². The van der Waals surface area contributed by atoms with Crippen molar-refractivity contribution in [2.45, 2.75) is 40.5 Å². The molecule has 0 bridgehead atoms. The van der Waals surface area contributed by atoms with Gasteiger partial charge < -0.3 is 10.2 Å². The van der Waals surface area contributed by atoms with Crippen LogP contribution in [0.25, 0.3) is 0 Å². The van der Waals surface area contributed by atoms with E-state index in [9.17, 15) is 0 Å². The first-order valence-electron chi connectivity index (χ1n) is 6.91. The number of rotatable bonds is 2. The zero-order valence-electron chi connectivity index (χ0n) is 14.2. The van der Waals surface area contributed by atoms with Crippen LogP contribution in [0.3, 0.4) is 0 Å². The van der Waals surface area contributed by atoms with Gasteiger partial charge in [-0.25, -0.2) is 23.3 Å². The van der Waals surface area contributed by atoms with E-state index >= 15 is 0 Å². The molecule has 2 rings (SSSR count). The Labute approximate surface area is 149 Å². The monoisotopic (exact) mass is 366 g/mol. The summed E-state index contributed by atoms with van der Waals surface area (Å²) in [4.78, 5) is 0. The van der Waals surface area contributed by atoms with Crippen LogP contribution in [0.1, 0.15) is 36.1 Å². The number of hydrogen-bond acceptors (Lipinski definition) is 2. The van der Waals surface area contributed by atoms with E-state index < -0.39 is 0 Å². The van der Waals surface area contributed by atoms with Crippen LogP contribution in [0.15, 0.2) is 36.4 Å². The third-order valence-electron chi connectivity index (χ3n) is 2.76. The van der Waals surface area contributed by atoms with Crippen LogP contribution >= 0.6 is 0 Å². The Morgan fingerprint density at radius 1 is 0.762 bits per heavy atom. The van der Waals surface area contributed by atoms with Gasteiger partial charge in [-0.2, -0.15) is 49.6 Å². The Hall–Kier alpha value is -0.497. The van der Waals surface area contributed by atoms with Gasteiger partial charge in [0.25, 0.3) is 0 Å².